The van der Waals surface area contributed by atoms with Gasteiger partial charge in [0, 0.05) is 37.3 Å². The van der Waals surface area contributed by atoms with Crippen LogP contribution >= 0.6 is 0 Å². The van der Waals surface area contributed by atoms with Gasteiger partial charge in [0.2, 0.25) is 0 Å². The molecule has 4 aromatic rings. The second kappa shape index (κ2) is 12.4. The molecule has 0 spiro atoms. The number of ether oxygens (including phenoxy) is 4. The van der Waals surface area contributed by atoms with Crippen molar-refractivity contribution in [1.29, 1.82) is 0 Å². The summed E-state index contributed by atoms with van der Waals surface area (Å²) < 4.78 is 23.0. The fourth-order valence-corrected chi connectivity index (χ4v) is 4.34. The van der Waals surface area contributed by atoms with Crippen molar-refractivity contribution in [3.8, 4) is 28.7 Å². The summed E-state index contributed by atoms with van der Waals surface area (Å²) in [6, 6.07) is 22.3. The summed E-state index contributed by atoms with van der Waals surface area (Å²) in [6.07, 6.45) is 2.54. The third-order valence-corrected chi connectivity index (χ3v) is 6.34. The number of rotatable bonds is 10. The number of carbonyl (C=O) groups is 1. The lowest BCUT2D eigenvalue weighted by molar-refractivity contribution is 0.0374. The number of benzene rings is 3. The van der Waals surface area contributed by atoms with E-state index in [4.69, 9.17) is 18.9 Å². The molecule has 1 fully saturated rings. The SMILES string of the molecule is COc1cc2nccc(Oc3ccc(Oc4ccccc4)cc3)c2cc1C(=O)NCCCN1CCOCC1. The standard InChI is InChI=1S/C30H31N3O5/c1-35-29-21-27-25(20-26(29)30(34)32-13-5-15-33-16-18-36-19-17-33)28(12-14-31-27)38-24-10-8-23(9-11-24)37-22-6-3-2-4-7-22/h2-4,6-12,14,20-21H,5,13,15-19H2,1H3,(H,32,34). The van der Waals surface area contributed by atoms with E-state index in [-0.39, 0.29) is 5.91 Å². The van der Waals surface area contributed by atoms with Crippen LogP contribution in [-0.2, 0) is 4.74 Å². The van der Waals surface area contributed by atoms with Crippen LogP contribution in [0.5, 0.6) is 28.7 Å². The monoisotopic (exact) mass is 513 g/mol. The molecular formula is C30H31N3O5. The minimum Gasteiger partial charge on any atom is -0.496 e. The van der Waals surface area contributed by atoms with Crippen molar-refractivity contribution < 1.29 is 23.7 Å². The van der Waals surface area contributed by atoms with Crippen LogP contribution in [0.3, 0.4) is 0 Å². The van der Waals surface area contributed by atoms with Crippen LogP contribution in [0.1, 0.15) is 16.8 Å². The molecule has 1 aliphatic rings. The largest absolute Gasteiger partial charge is 0.496 e. The van der Waals surface area contributed by atoms with Gasteiger partial charge in [-0.3, -0.25) is 14.7 Å². The first-order valence-corrected chi connectivity index (χ1v) is 12.8. The highest BCUT2D eigenvalue weighted by Gasteiger charge is 2.17. The fourth-order valence-electron chi connectivity index (χ4n) is 4.34. The molecule has 8 nitrogen and oxygen atoms in total. The molecule has 1 saturated heterocycles. The first kappa shape index (κ1) is 25.5. The summed E-state index contributed by atoms with van der Waals surface area (Å²) in [7, 11) is 1.55. The molecule has 1 aliphatic heterocycles. The van der Waals surface area contributed by atoms with Crippen molar-refractivity contribution in [1.82, 2.24) is 15.2 Å². The number of carbonyl (C=O) groups excluding carboxylic acids is 1. The van der Waals surface area contributed by atoms with Crippen molar-refractivity contribution in [3.05, 3.63) is 84.6 Å². The highest BCUT2D eigenvalue weighted by molar-refractivity contribution is 6.02. The molecular weight excluding hydrogens is 482 g/mol. The molecule has 0 saturated carbocycles. The lowest BCUT2D eigenvalue weighted by Gasteiger charge is -2.26. The minimum absolute atomic E-state index is 0.192. The number of methoxy groups -OCH3 is 1. The average molecular weight is 514 g/mol. The zero-order valence-electron chi connectivity index (χ0n) is 21.4. The molecule has 8 heteroatoms. The van der Waals surface area contributed by atoms with Crippen molar-refractivity contribution in [2.45, 2.75) is 6.42 Å². The third-order valence-electron chi connectivity index (χ3n) is 6.34. The molecule has 1 amide bonds. The maximum Gasteiger partial charge on any atom is 0.255 e. The smallest absolute Gasteiger partial charge is 0.255 e. The molecule has 0 radical (unpaired) electrons. The molecule has 0 atom stereocenters. The first-order chi connectivity index (χ1) is 18.7. The number of nitrogens with one attached hydrogen (secondary N) is 1. The van der Waals surface area contributed by atoms with Gasteiger partial charge in [0.05, 0.1) is 31.4 Å². The second-order valence-electron chi connectivity index (χ2n) is 8.93. The fraction of sp³-hybridized carbons (Fsp3) is 0.267. The predicted molar refractivity (Wildman–Crippen MR) is 146 cm³/mol. The number of hydrogen-bond donors (Lipinski definition) is 1. The Morgan fingerprint density at radius 2 is 1.63 bits per heavy atom. The van der Waals surface area contributed by atoms with Crippen LogP contribution in [0.2, 0.25) is 0 Å². The molecule has 38 heavy (non-hydrogen) atoms. The number of pyridine rings is 1. The van der Waals surface area contributed by atoms with Crippen molar-refractivity contribution in [2.24, 2.45) is 0 Å². The summed E-state index contributed by atoms with van der Waals surface area (Å²) in [6.45, 7) is 4.91. The number of para-hydroxylation sites is 1. The van der Waals surface area contributed by atoms with Crippen LogP contribution < -0.4 is 19.5 Å². The van der Waals surface area contributed by atoms with E-state index < -0.39 is 0 Å². The molecule has 5 rings (SSSR count). The maximum absolute atomic E-state index is 13.1. The number of amides is 1. The van der Waals surface area contributed by atoms with Crippen LogP contribution in [0.15, 0.2) is 79.0 Å². The Morgan fingerprint density at radius 1 is 0.921 bits per heavy atom. The predicted octanol–water partition coefficient (Wildman–Crippen LogP) is 5.28. The molecule has 196 valence electrons. The van der Waals surface area contributed by atoms with Crippen LogP contribution in [0.4, 0.5) is 0 Å². The molecule has 0 aliphatic carbocycles. The number of hydrogen-bond acceptors (Lipinski definition) is 7. The number of morpholine rings is 1. The molecule has 1 N–H and O–H groups in total. The molecule has 0 unspecified atom stereocenters. The Bertz CT molecular complexity index is 1360. The van der Waals surface area contributed by atoms with E-state index in [1.807, 2.05) is 54.6 Å². The van der Waals surface area contributed by atoms with E-state index in [9.17, 15) is 4.79 Å². The van der Waals surface area contributed by atoms with Crippen LogP contribution in [0, 0.1) is 0 Å². The quantitative estimate of drug-likeness (QED) is 0.289. The van der Waals surface area contributed by atoms with Gasteiger partial charge in [-0.25, -0.2) is 0 Å². The van der Waals surface area contributed by atoms with E-state index in [0.717, 1.165) is 50.4 Å². The van der Waals surface area contributed by atoms with E-state index >= 15 is 0 Å². The van der Waals surface area contributed by atoms with Crippen LogP contribution in [0.25, 0.3) is 10.9 Å². The Kier molecular flexibility index (Phi) is 8.32. The van der Waals surface area contributed by atoms with Gasteiger partial charge >= 0.3 is 0 Å². The molecule has 0 bridgehead atoms. The Balaban J connectivity index is 1.28. The zero-order chi connectivity index (χ0) is 26.2. The molecule has 2 heterocycles. The van der Waals surface area contributed by atoms with Gasteiger partial charge in [0.1, 0.15) is 28.7 Å². The van der Waals surface area contributed by atoms with Gasteiger partial charge in [0.25, 0.3) is 5.91 Å². The first-order valence-electron chi connectivity index (χ1n) is 12.8. The van der Waals surface area contributed by atoms with Gasteiger partial charge in [0.15, 0.2) is 0 Å². The molecule has 3 aromatic carbocycles. The van der Waals surface area contributed by atoms with E-state index in [0.29, 0.717) is 40.6 Å². The summed E-state index contributed by atoms with van der Waals surface area (Å²) in [4.78, 5) is 19.9. The zero-order valence-corrected chi connectivity index (χ0v) is 21.4. The van der Waals surface area contributed by atoms with Crippen molar-refractivity contribution in [3.63, 3.8) is 0 Å². The van der Waals surface area contributed by atoms with E-state index in [2.05, 4.69) is 15.2 Å². The summed E-state index contributed by atoms with van der Waals surface area (Å²) in [5, 5.41) is 3.74. The van der Waals surface area contributed by atoms with Gasteiger partial charge in [-0.1, -0.05) is 18.2 Å². The van der Waals surface area contributed by atoms with Gasteiger partial charge in [-0.05, 0) is 61.5 Å². The van der Waals surface area contributed by atoms with Gasteiger partial charge < -0.3 is 24.3 Å². The summed E-state index contributed by atoms with van der Waals surface area (Å²) >= 11 is 0. The lowest BCUT2D eigenvalue weighted by Crippen LogP contribution is -2.38. The Morgan fingerprint density at radius 3 is 2.37 bits per heavy atom. The van der Waals surface area contributed by atoms with Gasteiger partial charge in [-0.2, -0.15) is 0 Å². The Labute approximate surface area is 222 Å². The molecule has 1 aromatic heterocycles. The van der Waals surface area contributed by atoms with E-state index in [1.54, 1.807) is 31.5 Å². The van der Waals surface area contributed by atoms with Gasteiger partial charge in [-0.15, -0.1) is 0 Å². The minimum atomic E-state index is -0.192. The number of nitrogens with zero attached hydrogens (tertiary/aromatic N) is 2. The van der Waals surface area contributed by atoms with Crippen LogP contribution in [-0.4, -0.2) is 62.3 Å². The highest BCUT2D eigenvalue weighted by atomic mass is 16.5. The van der Waals surface area contributed by atoms with E-state index in [1.165, 1.54) is 0 Å². The average Bonchev–Trinajstić information content (AvgIpc) is 2.97. The number of fused-ring (bicyclic) bond motifs is 1. The summed E-state index contributed by atoms with van der Waals surface area (Å²) in [5.74, 6) is 2.99. The Hall–Kier alpha value is -4.14. The lowest BCUT2D eigenvalue weighted by atomic mass is 10.1. The second-order valence-corrected chi connectivity index (χ2v) is 8.93. The maximum atomic E-state index is 13.1. The number of aromatic nitrogens is 1. The third kappa shape index (κ3) is 6.40. The van der Waals surface area contributed by atoms with Crippen molar-refractivity contribution in [2.75, 3.05) is 46.5 Å². The van der Waals surface area contributed by atoms with Crippen molar-refractivity contribution >= 4 is 16.8 Å². The highest BCUT2D eigenvalue weighted by Crippen LogP contribution is 2.34. The topological polar surface area (TPSA) is 82.1 Å². The normalized spacial score (nSPS) is 13.7. The summed E-state index contributed by atoms with van der Waals surface area (Å²) in [5.41, 5.74) is 1.11.